The van der Waals surface area contributed by atoms with Crippen LogP contribution < -0.4 is 5.32 Å². The van der Waals surface area contributed by atoms with Crippen LogP contribution >= 0.6 is 11.3 Å². The fourth-order valence-electron chi connectivity index (χ4n) is 2.02. The minimum absolute atomic E-state index is 0.215. The predicted molar refractivity (Wildman–Crippen MR) is 78.3 cm³/mol. The van der Waals surface area contributed by atoms with Crippen molar-refractivity contribution in [1.29, 1.82) is 0 Å². The van der Waals surface area contributed by atoms with Crippen molar-refractivity contribution in [3.05, 3.63) is 51.0 Å². The second-order valence-corrected chi connectivity index (χ2v) is 5.83. The van der Waals surface area contributed by atoms with Gasteiger partial charge in [0.2, 0.25) is 0 Å². The Labute approximate surface area is 113 Å². The van der Waals surface area contributed by atoms with Gasteiger partial charge in [-0.2, -0.15) is 0 Å². The monoisotopic (exact) mass is 260 g/mol. The summed E-state index contributed by atoms with van der Waals surface area (Å²) in [4.78, 5) is 6.00. The average molecular weight is 260 g/mol. The molecular formula is C15H20N2S. The number of benzene rings is 1. The van der Waals surface area contributed by atoms with Gasteiger partial charge in [-0.1, -0.05) is 36.8 Å². The third kappa shape index (κ3) is 2.79. The molecule has 0 aliphatic rings. The number of nitrogens with zero attached hydrogens (tertiary/aromatic N) is 1. The number of aromatic nitrogens is 1. The standard InChI is InChI=1S/C15H20N2S/c1-5-16-14(13-8-6-7-10(2)9-13)15-17-11(3)12(4)18-15/h6-9,14,16H,5H2,1-4H3. The second kappa shape index (κ2) is 5.63. The van der Waals surface area contributed by atoms with E-state index in [9.17, 15) is 0 Å². The van der Waals surface area contributed by atoms with Crippen molar-refractivity contribution in [2.45, 2.75) is 33.7 Å². The molecule has 96 valence electrons. The smallest absolute Gasteiger partial charge is 0.115 e. The van der Waals surface area contributed by atoms with Crippen molar-refractivity contribution < 1.29 is 0 Å². The molecule has 0 saturated heterocycles. The molecule has 0 saturated carbocycles. The Balaban J connectivity index is 2.39. The summed E-state index contributed by atoms with van der Waals surface area (Å²) in [6.45, 7) is 9.42. The van der Waals surface area contributed by atoms with Crippen LogP contribution in [0.4, 0.5) is 0 Å². The Morgan fingerprint density at radius 3 is 2.61 bits per heavy atom. The molecule has 0 amide bonds. The lowest BCUT2D eigenvalue weighted by Gasteiger charge is -2.16. The summed E-state index contributed by atoms with van der Waals surface area (Å²) in [5.74, 6) is 0. The molecular weight excluding hydrogens is 240 g/mol. The molecule has 1 unspecified atom stereocenters. The quantitative estimate of drug-likeness (QED) is 0.905. The first kappa shape index (κ1) is 13.2. The first-order valence-corrected chi connectivity index (χ1v) is 7.17. The Hall–Kier alpha value is -1.19. The van der Waals surface area contributed by atoms with E-state index < -0.39 is 0 Å². The van der Waals surface area contributed by atoms with Crippen LogP contribution in [-0.2, 0) is 0 Å². The van der Waals surface area contributed by atoms with E-state index >= 15 is 0 Å². The predicted octanol–water partition coefficient (Wildman–Crippen LogP) is 3.77. The first-order valence-electron chi connectivity index (χ1n) is 6.35. The van der Waals surface area contributed by atoms with Gasteiger partial charge in [0.1, 0.15) is 5.01 Å². The van der Waals surface area contributed by atoms with Crippen LogP contribution in [0.1, 0.15) is 39.7 Å². The summed E-state index contributed by atoms with van der Waals surface area (Å²) in [5, 5.41) is 4.70. The molecule has 0 spiro atoms. The molecule has 0 radical (unpaired) electrons. The van der Waals surface area contributed by atoms with E-state index in [2.05, 4.69) is 57.3 Å². The molecule has 0 aliphatic heterocycles. The van der Waals surface area contributed by atoms with Crippen molar-refractivity contribution in [2.75, 3.05) is 6.54 Å². The highest BCUT2D eigenvalue weighted by molar-refractivity contribution is 7.11. The summed E-state index contributed by atoms with van der Waals surface area (Å²) in [5.41, 5.74) is 3.73. The summed E-state index contributed by atoms with van der Waals surface area (Å²) >= 11 is 1.79. The van der Waals surface area contributed by atoms with Crippen molar-refractivity contribution in [1.82, 2.24) is 10.3 Å². The van der Waals surface area contributed by atoms with Gasteiger partial charge in [-0.15, -0.1) is 11.3 Å². The van der Waals surface area contributed by atoms with Crippen molar-refractivity contribution in [3.63, 3.8) is 0 Å². The van der Waals surface area contributed by atoms with Gasteiger partial charge in [-0.3, -0.25) is 0 Å². The van der Waals surface area contributed by atoms with Gasteiger partial charge in [-0.05, 0) is 32.9 Å². The van der Waals surface area contributed by atoms with Gasteiger partial charge in [0, 0.05) is 4.88 Å². The van der Waals surface area contributed by atoms with E-state index in [1.807, 2.05) is 0 Å². The minimum Gasteiger partial charge on any atom is -0.305 e. The normalized spacial score (nSPS) is 12.7. The molecule has 1 aromatic carbocycles. The second-order valence-electron chi connectivity index (χ2n) is 4.60. The average Bonchev–Trinajstić information content (AvgIpc) is 2.66. The summed E-state index contributed by atoms with van der Waals surface area (Å²) in [6, 6.07) is 8.87. The Morgan fingerprint density at radius 1 is 1.28 bits per heavy atom. The van der Waals surface area contributed by atoms with Gasteiger partial charge in [-0.25, -0.2) is 4.98 Å². The number of aryl methyl sites for hydroxylation is 3. The molecule has 3 heteroatoms. The Morgan fingerprint density at radius 2 is 2.06 bits per heavy atom. The molecule has 0 bridgehead atoms. The number of hydrogen-bond donors (Lipinski definition) is 1. The van der Waals surface area contributed by atoms with Gasteiger partial charge < -0.3 is 5.32 Å². The SMILES string of the molecule is CCNC(c1cccc(C)c1)c1nc(C)c(C)s1. The lowest BCUT2D eigenvalue weighted by Crippen LogP contribution is -2.21. The molecule has 1 N–H and O–H groups in total. The van der Waals surface area contributed by atoms with E-state index in [0.717, 1.165) is 17.2 Å². The highest BCUT2D eigenvalue weighted by Gasteiger charge is 2.17. The fourth-order valence-corrected chi connectivity index (χ4v) is 3.05. The summed E-state index contributed by atoms with van der Waals surface area (Å²) in [7, 11) is 0. The molecule has 2 rings (SSSR count). The lowest BCUT2D eigenvalue weighted by molar-refractivity contribution is 0.626. The van der Waals surface area contributed by atoms with Gasteiger partial charge in [0.25, 0.3) is 0 Å². The first-order chi connectivity index (χ1) is 8.61. The highest BCUT2D eigenvalue weighted by atomic mass is 32.1. The largest absolute Gasteiger partial charge is 0.305 e. The molecule has 18 heavy (non-hydrogen) atoms. The maximum Gasteiger partial charge on any atom is 0.115 e. The fraction of sp³-hybridized carbons (Fsp3) is 0.400. The van der Waals surface area contributed by atoms with Crippen LogP contribution in [0.25, 0.3) is 0 Å². The van der Waals surface area contributed by atoms with Crippen LogP contribution in [0.15, 0.2) is 24.3 Å². The van der Waals surface area contributed by atoms with Crippen molar-refractivity contribution in [3.8, 4) is 0 Å². The van der Waals surface area contributed by atoms with E-state index in [-0.39, 0.29) is 6.04 Å². The van der Waals surface area contributed by atoms with Crippen LogP contribution in [0.5, 0.6) is 0 Å². The van der Waals surface area contributed by atoms with Crippen LogP contribution in [-0.4, -0.2) is 11.5 Å². The zero-order valence-corrected chi connectivity index (χ0v) is 12.3. The highest BCUT2D eigenvalue weighted by Crippen LogP contribution is 2.28. The van der Waals surface area contributed by atoms with Crippen LogP contribution in [0, 0.1) is 20.8 Å². The zero-order valence-electron chi connectivity index (χ0n) is 11.4. The van der Waals surface area contributed by atoms with Crippen LogP contribution in [0.2, 0.25) is 0 Å². The third-order valence-electron chi connectivity index (χ3n) is 3.08. The number of nitrogens with one attached hydrogen (secondary N) is 1. The number of thiazole rings is 1. The molecule has 1 aromatic heterocycles. The lowest BCUT2D eigenvalue weighted by atomic mass is 10.0. The molecule has 1 atom stereocenters. The topological polar surface area (TPSA) is 24.9 Å². The number of hydrogen-bond acceptors (Lipinski definition) is 3. The van der Waals surface area contributed by atoms with Crippen molar-refractivity contribution in [2.24, 2.45) is 0 Å². The molecule has 0 fully saturated rings. The zero-order chi connectivity index (χ0) is 13.1. The Kier molecular flexibility index (Phi) is 4.15. The molecule has 1 heterocycles. The van der Waals surface area contributed by atoms with Gasteiger partial charge >= 0.3 is 0 Å². The summed E-state index contributed by atoms with van der Waals surface area (Å²) in [6.07, 6.45) is 0. The maximum absolute atomic E-state index is 4.69. The van der Waals surface area contributed by atoms with E-state index in [1.165, 1.54) is 16.0 Å². The van der Waals surface area contributed by atoms with E-state index in [0.29, 0.717) is 0 Å². The molecule has 0 aliphatic carbocycles. The van der Waals surface area contributed by atoms with Gasteiger partial charge in [0.05, 0.1) is 11.7 Å². The molecule has 2 nitrogen and oxygen atoms in total. The molecule has 2 aromatic rings. The minimum atomic E-state index is 0.215. The Bertz CT molecular complexity index is 512. The summed E-state index contributed by atoms with van der Waals surface area (Å²) < 4.78 is 0. The maximum atomic E-state index is 4.69. The van der Waals surface area contributed by atoms with Crippen molar-refractivity contribution >= 4 is 11.3 Å². The van der Waals surface area contributed by atoms with E-state index in [4.69, 9.17) is 4.98 Å². The van der Waals surface area contributed by atoms with E-state index in [1.54, 1.807) is 11.3 Å². The van der Waals surface area contributed by atoms with Crippen LogP contribution in [0.3, 0.4) is 0 Å². The number of rotatable bonds is 4. The van der Waals surface area contributed by atoms with Gasteiger partial charge in [0.15, 0.2) is 0 Å². The third-order valence-corrected chi connectivity index (χ3v) is 4.21.